The Kier molecular flexibility index (Phi) is 4.05. The number of ether oxygens (including phenoxy) is 3. The molecule has 0 unspecified atom stereocenters. The quantitative estimate of drug-likeness (QED) is 0.693. The molecule has 16 heavy (non-hydrogen) atoms. The van der Waals surface area contributed by atoms with E-state index in [9.17, 15) is 0 Å². The Labute approximate surface area is 96.3 Å². The van der Waals surface area contributed by atoms with Gasteiger partial charge in [-0.15, -0.1) is 0 Å². The van der Waals surface area contributed by atoms with Crippen molar-refractivity contribution in [3.8, 4) is 11.5 Å². The van der Waals surface area contributed by atoms with E-state index in [1.54, 1.807) is 0 Å². The number of fused-ring (bicyclic) bond motifs is 1. The van der Waals surface area contributed by atoms with E-state index in [1.165, 1.54) is 5.56 Å². The maximum Gasteiger partial charge on any atom is 0.231 e. The molecule has 0 atom stereocenters. The normalized spacial score (nSPS) is 13.1. The van der Waals surface area contributed by atoms with E-state index in [0.717, 1.165) is 44.0 Å². The Bertz CT molecular complexity index is 336. The summed E-state index contributed by atoms with van der Waals surface area (Å²) in [4.78, 5) is 0. The minimum atomic E-state index is 0.346. The van der Waals surface area contributed by atoms with Crippen molar-refractivity contribution in [2.24, 2.45) is 0 Å². The van der Waals surface area contributed by atoms with Crippen LogP contribution in [0.25, 0.3) is 0 Å². The van der Waals surface area contributed by atoms with E-state index in [-0.39, 0.29) is 0 Å². The molecule has 0 bridgehead atoms. The van der Waals surface area contributed by atoms with Crippen LogP contribution in [0.4, 0.5) is 0 Å². The third kappa shape index (κ3) is 2.89. The molecule has 0 aromatic heterocycles. The van der Waals surface area contributed by atoms with Gasteiger partial charge in [-0.2, -0.15) is 0 Å². The highest BCUT2D eigenvalue weighted by molar-refractivity contribution is 5.44. The summed E-state index contributed by atoms with van der Waals surface area (Å²) in [6.07, 6.45) is 3.17. The SMILES string of the molecule is CCCOCCCc1ccc2c(c1)OCO2. The molecular weight excluding hydrogens is 204 g/mol. The zero-order chi connectivity index (χ0) is 11.2. The predicted molar refractivity (Wildman–Crippen MR) is 62.0 cm³/mol. The van der Waals surface area contributed by atoms with Gasteiger partial charge >= 0.3 is 0 Å². The van der Waals surface area contributed by atoms with Gasteiger partial charge in [0.1, 0.15) is 0 Å². The van der Waals surface area contributed by atoms with Crippen LogP contribution in [0.1, 0.15) is 25.3 Å². The van der Waals surface area contributed by atoms with Crippen molar-refractivity contribution in [2.45, 2.75) is 26.2 Å². The van der Waals surface area contributed by atoms with Crippen LogP contribution >= 0.6 is 0 Å². The van der Waals surface area contributed by atoms with Crippen molar-refractivity contribution in [2.75, 3.05) is 20.0 Å². The number of hydrogen-bond donors (Lipinski definition) is 0. The highest BCUT2D eigenvalue weighted by atomic mass is 16.7. The maximum atomic E-state index is 5.44. The Balaban J connectivity index is 1.77. The first-order valence-corrected chi connectivity index (χ1v) is 5.86. The number of hydrogen-bond acceptors (Lipinski definition) is 3. The van der Waals surface area contributed by atoms with Crippen molar-refractivity contribution < 1.29 is 14.2 Å². The van der Waals surface area contributed by atoms with Crippen LogP contribution in [0.5, 0.6) is 11.5 Å². The van der Waals surface area contributed by atoms with Crippen molar-refractivity contribution in [1.29, 1.82) is 0 Å². The summed E-state index contributed by atoms with van der Waals surface area (Å²) in [7, 11) is 0. The van der Waals surface area contributed by atoms with Gasteiger partial charge in [0.25, 0.3) is 0 Å². The molecule has 88 valence electrons. The summed E-state index contributed by atoms with van der Waals surface area (Å²) >= 11 is 0. The van der Waals surface area contributed by atoms with Crippen LogP contribution in [0, 0.1) is 0 Å². The average Bonchev–Trinajstić information content (AvgIpc) is 2.76. The lowest BCUT2D eigenvalue weighted by molar-refractivity contribution is 0.132. The molecule has 2 rings (SSSR count). The van der Waals surface area contributed by atoms with Crippen LogP contribution in [-0.4, -0.2) is 20.0 Å². The lowest BCUT2D eigenvalue weighted by Crippen LogP contribution is -1.97. The zero-order valence-corrected chi connectivity index (χ0v) is 9.70. The third-order valence-electron chi connectivity index (χ3n) is 2.54. The highest BCUT2D eigenvalue weighted by Crippen LogP contribution is 2.32. The first-order chi connectivity index (χ1) is 7.90. The number of aryl methyl sites for hydroxylation is 1. The molecular formula is C13H18O3. The maximum absolute atomic E-state index is 5.44. The summed E-state index contributed by atoms with van der Waals surface area (Å²) in [6, 6.07) is 6.13. The molecule has 1 aromatic carbocycles. The molecule has 0 saturated carbocycles. The third-order valence-corrected chi connectivity index (χ3v) is 2.54. The molecule has 0 radical (unpaired) electrons. The van der Waals surface area contributed by atoms with Crippen molar-refractivity contribution in [3.63, 3.8) is 0 Å². The minimum Gasteiger partial charge on any atom is -0.454 e. The summed E-state index contributed by atoms with van der Waals surface area (Å²) in [5.41, 5.74) is 1.28. The lowest BCUT2D eigenvalue weighted by atomic mass is 10.1. The molecule has 1 aliphatic rings. The second-order valence-electron chi connectivity index (χ2n) is 3.90. The van der Waals surface area contributed by atoms with Gasteiger partial charge in [0.15, 0.2) is 11.5 Å². The van der Waals surface area contributed by atoms with Crippen LogP contribution in [0.15, 0.2) is 18.2 Å². The fourth-order valence-electron chi connectivity index (χ4n) is 1.72. The first kappa shape index (κ1) is 11.3. The number of benzene rings is 1. The molecule has 0 fully saturated rings. The van der Waals surface area contributed by atoms with Crippen molar-refractivity contribution >= 4 is 0 Å². The lowest BCUT2D eigenvalue weighted by Gasteiger charge is -2.04. The van der Waals surface area contributed by atoms with E-state index < -0.39 is 0 Å². The van der Waals surface area contributed by atoms with Crippen molar-refractivity contribution in [1.82, 2.24) is 0 Å². The van der Waals surface area contributed by atoms with Crippen LogP contribution in [0.2, 0.25) is 0 Å². The first-order valence-electron chi connectivity index (χ1n) is 5.86. The van der Waals surface area contributed by atoms with E-state index >= 15 is 0 Å². The molecule has 0 N–H and O–H groups in total. The molecule has 1 heterocycles. The van der Waals surface area contributed by atoms with E-state index in [4.69, 9.17) is 14.2 Å². The molecule has 1 aliphatic heterocycles. The monoisotopic (exact) mass is 222 g/mol. The summed E-state index contributed by atoms with van der Waals surface area (Å²) in [5.74, 6) is 1.72. The Hall–Kier alpha value is -1.22. The molecule has 0 amide bonds. The number of rotatable bonds is 6. The van der Waals surface area contributed by atoms with Gasteiger partial charge in [-0.1, -0.05) is 13.0 Å². The van der Waals surface area contributed by atoms with E-state index in [1.807, 2.05) is 6.07 Å². The summed E-state index contributed by atoms with van der Waals surface area (Å²) in [5, 5.41) is 0. The molecule has 1 aromatic rings. The average molecular weight is 222 g/mol. The fourth-order valence-corrected chi connectivity index (χ4v) is 1.72. The summed E-state index contributed by atoms with van der Waals surface area (Å²) in [6.45, 7) is 4.17. The molecule has 0 saturated heterocycles. The largest absolute Gasteiger partial charge is 0.454 e. The Morgan fingerprint density at radius 2 is 2.06 bits per heavy atom. The molecule has 3 heteroatoms. The summed E-state index contributed by atoms with van der Waals surface area (Å²) < 4.78 is 16.0. The topological polar surface area (TPSA) is 27.7 Å². The zero-order valence-electron chi connectivity index (χ0n) is 9.70. The van der Waals surface area contributed by atoms with Gasteiger partial charge in [0.2, 0.25) is 6.79 Å². The standard InChI is InChI=1S/C13H18O3/c1-2-7-14-8-3-4-11-5-6-12-13(9-11)16-10-15-12/h5-6,9H,2-4,7-8,10H2,1H3. The Morgan fingerprint density at radius 1 is 1.19 bits per heavy atom. The van der Waals surface area contributed by atoms with Crippen LogP contribution in [-0.2, 0) is 11.2 Å². The van der Waals surface area contributed by atoms with Gasteiger partial charge < -0.3 is 14.2 Å². The molecule has 3 nitrogen and oxygen atoms in total. The smallest absolute Gasteiger partial charge is 0.231 e. The Morgan fingerprint density at radius 3 is 2.94 bits per heavy atom. The predicted octanol–water partition coefficient (Wildman–Crippen LogP) is 2.77. The second kappa shape index (κ2) is 5.75. The van der Waals surface area contributed by atoms with Crippen LogP contribution < -0.4 is 9.47 Å². The van der Waals surface area contributed by atoms with Gasteiger partial charge in [-0.05, 0) is 37.0 Å². The van der Waals surface area contributed by atoms with Crippen molar-refractivity contribution in [3.05, 3.63) is 23.8 Å². The fraction of sp³-hybridized carbons (Fsp3) is 0.538. The molecule has 0 spiro atoms. The van der Waals surface area contributed by atoms with E-state index in [2.05, 4.69) is 19.1 Å². The van der Waals surface area contributed by atoms with Gasteiger partial charge in [0, 0.05) is 13.2 Å². The minimum absolute atomic E-state index is 0.346. The second-order valence-corrected chi connectivity index (χ2v) is 3.90. The van der Waals surface area contributed by atoms with Gasteiger partial charge in [-0.25, -0.2) is 0 Å². The molecule has 0 aliphatic carbocycles. The highest BCUT2D eigenvalue weighted by Gasteiger charge is 2.12. The van der Waals surface area contributed by atoms with E-state index in [0.29, 0.717) is 6.79 Å². The van der Waals surface area contributed by atoms with Gasteiger partial charge in [0.05, 0.1) is 0 Å². The van der Waals surface area contributed by atoms with Crippen LogP contribution in [0.3, 0.4) is 0 Å². The van der Waals surface area contributed by atoms with Gasteiger partial charge in [-0.3, -0.25) is 0 Å².